The van der Waals surface area contributed by atoms with E-state index in [-0.39, 0.29) is 18.2 Å². The van der Waals surface area contributed by atoms with E-state index < -0.39 is 12.0 Å². The second kappa shape index (κ2) is 6.13. The lowest BCUT2D eigenvalue weighted by atomic mass is 10.1. The van der Waals surface area contributed by atoms with E-state index in [2.05, 4.69) is 16.0 Å². The van der Waals surface area contributed by atoms with Gasteiger partial charge in [0, 0.05) is 13.0 Å². The zero-order chi connectivity index (χ0) is 12.0. The van der Waals surface area contributed by atoms with Crippen LogP contribution in [0.5, 0.6) is 0 Å². The molecule has 0 saturated carbocycles. The molecule has 0 unspecified atom stereocenters. The highest BCUT2D eigenvalue weighted by Crippen LogP contribution is 2.12. The highest BCUT2D eigenvalue weighted by atomic mass is 16.5. The molecule has 16 heavy (non-hydrogen) atoms. The van der Waals surface area contributed by atoms with Crippen molar-refractivity contribution in [2.24, 2.45) is 5.92 Å². The second-order valence-corrected chi connectivity index (χ2v) is 3.55. The molecule has 1 amide bonds. The number of terminal acetylenes is 1. The molecule has 1 aliphatic heterocycles. The van der Waals surface area contributed by atoms with Crippen LogP contribution >= 0.6 is 0 Å². The molecule has 88 valence electrons. The molecule has 5 nitrogen and oxygen atoms in total. The number of ether oxygens (including phenoxy) is 2. The fourth-order valence-corrected chi connectivity index (χ4v) is 1.48. The molecule has 1 fully saturated rings. The highest BCUT2D eigenvalue weighted by molar-refractivity contribution is 5.86. The number of amides is 1. The van der Waals surface area contributed by atoms with E-state index in [9.17, 15) is 9.59 Å². The maximum absolute atomic E-state index is 11.7. The maximum atomic E-state index is 11.7. The van der Waals surface area contributed by atoms with Crippen LogP contribution in [0.1, 0.15) is 12.8 Å². The fourth-order valence-electron chi connectivity index (χ4n) is 1.48. The maximum Gasteiger partial charge on any atom is 0.329 e. The van der Waals surface area contributed by atoms with Crippen LogP contribution in [-0.4, -0.2) is 38.2 Å². The van der Waals surface area contributed by atoms with Crippen LogP contribution in [0.25, 0.3) is 0 Å². The van der Waals surface area contributed by atoms with Crippen molar-refractivity contribution in [1.29, 1.82) is 0 Å². The van der Waals surface area contributed by atoms with E-state index in [0.29, 0.717) is 19.6 Å². The molecular weight excluding hydrogens is 210 g/mol. The zero-order valence-electron chi connectivity index (χ0n) is 9.19. The SMILES string of the molecule is C#CC[C@@H](NC(=O)[C@H]1CCOC1)C(=O)OC. The zero-order valence-corrected chi connectivity index (χ0v) is 9.19. The highest BCUT2D eigenvalue weighted by Gasteiger charge is 2.28. The lowest BCUT2D eigenvalue weighted by Crippen LogP contribution is -2.44. The molecule has 0 radical (unpaired) electrons. The van der Waals surface area contributed by atoms with Gasteiger partial charge in [-0.15, -0.1) is 12.3 Å². The largest absolute Gasteiger partial charge is 0.467 e. The summed E-state index contributed by atoms with van der Waals surface area (Å²) in [5.74, 6) is 1.41. The number of carbonyl (C=O) groups is 2. The lowest BCUT2D eigenvalue weighted by Gasteiger charge is -2.16. The second-order valence-electron chi connectivity index (χ2n) is 3.55. The van der Waals surface area contributed by atoms with Crippen LogP contribution < -0.4 is 5.32 Å². The van der Waals surface area contributed by atoms with Crippen molar-refractivity contribution in [2.45, 2.75) is 18.9 Å². The monoisotopic (exact) mass is 225 g/mol. The quantitative estimate of drug-likeness (QED) is 0.527. The molecule has 1 aliphatic rings. The van der Waals surface area contributed by atoms with E-state index in [4.69, 9.17) is 11.2 Å². The number of carbonyl (C=O) groups excluding carboxylic acids is 2. The van der Waals surface area contributed by atoms with Gasteiger partial charge in [0.25, 0.3) is 0 Å². The summed E-state index contributed by atoms with van der Waals surface area (Å²) in [5, 5.41) is 2.57. The summed E-state index contributed by atoms with van der Waals surface area (Å²) in [7, 11) is 1.26. The third kappa shape index (κ3) is 3.24. The molecule has 1 N–H and O–H groups in total. The van der Waals surface area contributed by atoms with Crippen molar-refractivity contribution < 1.29 is 19.1 Å². The average Bonchev–Trinajstić information content (AvgIpc) is 2.80. The molecule has 0 bridgehead atoms. The van der Waals surface area contributed by atoms with Crippen molar-refractivity contribution >= 4 is 11.9 Å². The Balaban J connectivity index is 2.50. The van der Waals surface area contributed by atoms with Gasteiger partial charge in [-0.2, -0.15) is 0 Å². The van der Waals surface area contributed by atoms with Crippen molar-refractivity contribution in [3.05, 3.63) is 0 Å². The Morgan fingerprint density at radius 1 is 1.69 bits per heavy atom. The fraction of sp³-hybridized carbons (Fsp3) is 0.636. The molecule has 0 aliphatic carbocycles. The first-order chi connectivity index (χ1) is 7.69. The number of hydrogen-bond donors (Lipinski definition) is 1. The van der Waals surface area contributed by atoms with Crippen molar-refractivity contribution in [3.63, 3.8) is 0 Å². The number of rotatable bonds is 4. The van der Waals surface area contributed by atoms with Crippen LogP contribution in [0.4, 0.5) is 0 Å². The van der Waals surface area contributed by atoms with Crippen LogP contribution in [0, 0.1) is 18.3 Å². The number of esters is 1. The van der Waals surface area contributed by atoms with E-state index in [1.165, 1.54) is 7.11 Å². The third-order valence-corrected chi connectivity index (χ3v) is 2.42. The summed E-state index contributed by atoms with van der Waals surface area (Å²) in [6, 6.07) is -0.761. The molecule has 0 aromatic rings. The van der Waals surface area contributed by atoms with Crippen molar-refractivity contribution in [2.75, 3.05) is 20.3 Å². The van der Waals surface area contributed by atoms with E-state index in [1.54, 1.807) is 0 Å². The summed E-state index contributed by atoms with van der Waals surface area (Å²) in [6.07, 6.45) is 5.92. The Bertz CT molecular complexity index is 302. The minimum absolute atomic E-state index is 0.131. The van der Waals surface area contributed by atoms with Gasteiger partial charge in [-0.25, -0.2) is 4.79 Å². The predicted octanol–water partition coefficient (Wildman–Crippen LogP) is -0.296. The van der Waals surface area contributed by atoms with Gasteiger partial charge in [-0.3, -0.25) is 4.79 Å². The first-order valence-electron chi connectivity index (χ1n) is 5.08. The third-order valence-electron chi connectivity index (χ3n) is 2.42. The van der Waals surface area contributed by atoms with Crippen LogP contribution in [0.3, 0.4) is 0 Å². The number of nitrogens with one attached hydrogen (secondary N) is 1. The minimum Gasteiger partial charge on any atom is -0.467 e. The number of hydrogen-bond acceptors (Lipinski definition) is 4. The van der Waals surface area contributed by atoms with Crippen LogP contribution in [0.15, 0.2) is 0 Å². The van der Waals surface area contributed by atoms with Crippen LogP contribution in [0.2, 0.25) is 0 Å². The summed E-state index contributed by atoms with van der Waals surface area (Å²) in [5.41, 5.74) is 0. The summed E-state index contributed by atoms with van der Waals surface area (Å²) in [6.45, 7) is 0.978. The molecule has 0 spiro atoms. The molecule has 1 saturated heterocycles. The topological polar surface area (TPSA) is 64.6 Å². The van der Waals surface area contributed by atoms with E-state index in [0.717, 1.165) is 0 Å². The van der Waals surface area contributed by atoms with Gasteiger partial charge >= 0.3 is 5.97 Å². The standard InChI is InChI=1S/C11H15NO4/c1-3-4-9(11(14)15-2)12-10(13)8-5-6-16-7-8/h1,8-9H,4-7H2,2H3,(H,12,13)/t8-,9+/m0/s1. The Hall–Kier alpha value is -1.54. The molecular formula is C11H15NO4. The van der Waals surface area contributed by atoms with Gasteiger partial charge in [0.1, 0.15) is 6.04 Å². The average molecular weight is 225 g/mol. The van der Waals surface area contributed by atoms with Gasteiger partial charge in [-0.1, -0.05) is 0 Å². The molecule has 1 rings (SSSR count). The Labute approximate surface area is 94.5 Å². The first-order valence-corrected chi connectivity index (χ1v) is 5.08. The van der Waals surface area contributed by atoms with Gasteiger partial charge < -0.3 is 14.8 Å². The molecule has 1 heterocycles. The minimum atomic E-state index is -0.761. The van der Waals surface area contributed by atoms with Gasteiger partial charge in [-0.05, 0) is 6.42 Å². The molecule has 2 atom stereocenters. The van der Waals surface area contributed by atoms with Crippen molar-refractivity contribution in [3.8, 4) is 12.3 Å². The smallest absolute Gasteiger partial charge is 0.329 e. The van der Waals surface area contributed by atoms with Gasteiger partial charge in [0.05, 0.1) is 19.6 Å². The molecule has 0 aromatic heterocycles. The number of methoxy groups -OCH3 is 1. The Morgan fingerprint density at radius 2 is 2.44 bits per heavy atom. The normalized spacial score (nSPS) is 20.9. The summed E-state index contributed by atoms with van der Waals surface area (Å²) in [4.78, 5) is 23.0. The predicted molar refractivity (Wildman–Crippen MR) is 56.3 cm³/mol. The molecule has 0 aromatic carbocycles. The first kappa shape index (κ1) is 12.5. The van der Waals surface area contributed by atoms with Crippen LogP contribution in [-0.2, 0) is 19.1 Å². The Kier molecular flexibility index (Phi) is 4.80. The van der Waals surface area contributed by atoms with Gasteiger partial charge in [0.15, 0.2) is 0 Å². The summed E-state index contributed by atoms with van der Waals surface area (Å²) >= 11 is 0. The Morgan fingerprint density at radius 3 is 2.94 bits per heavy atom. The summed E-state index contributed by atoms with van der Waals surface area (Å²) < 4.78 is 9.64. The van der Waals surface area contributed by atoms with E-state index >= 15 is 0 Å². The molecule has 5 heteroatoms. The van der Waals surface area contributed by atoms with Crippen molar-refractivity contribution in [1.82, 2.24) is 5.32 Å². The lowest BCUT2D eigenvalue weighted by molar-refractivity contribution is -0.145. The van der Waals surface area contributed by atoms with Gasteiger partial charge in [0.2, 0.25) is 5.91 Å². The van der Waals surface area contributed by atoms with E-state index in [1.807, 2.05) is 0 Å².